The van der Waals surface area contributed by atoms with Gasteiger partial charge < -0.3 is 15.2 Å². The molecule has 0 aromatic rings. The fourth-order valence-corrected chi connectivity index (χ4v) is 1.28. The van der Waals surface area contributed by atoms with E-state index < -0.39 is 17.5 Å². The lowest BCUT2D eigenvalue weighted by Gasteiger charge is -2.20. The molecule has 1 fully saturated rings. The van der Waals surface area contributed by atoms with Crippen LogP contribution >= 0.6 is 0 Å². The van der Waals surface area contributed by atoms with Crippen LogP contribution in [-0.2, 0) is 14.3 Å². The van der Waals surface area contributed by atoms with Crippen LogP contribution in [0.2, 0.25) is 0 Å². The van der Waals surface area contributed by atoms with E-state index in [1.807, 2.05) is 0 Å². The molecule has 5 heteroatoms. The zero-order chi connectivity index (χ0) is 11.5. The van der Waals surface area contributed by atoms with Crippen molar-refractivity contribution in [3.63, 3.8) is 0 Å². The molecule has 0 saturated carbocycles. The van der Waals surface area contributed by atoms with Crippen LogP contribution in [0.5, 0.6) is 0 Å². The summed E-state index contributed by atoms with van der Waals surface area (Å²) in [4.78, 5) is 22.3. The number of aliphatic carboxylic acids is 1. The topological polar surface area (TPSA) is 75.6 Å². The predicted molar refractivity (Wildman–Crippen MR) is 53.4 cm³/mol. The van der Waals surface area contributed by atoms with Gasteiger partial charge in [0.1, 0.15) is 6.10 Å². The van der Waals surface area contributed by atoms with Gasteiger partial charge in [-0.25, -0.2) is 0 Å². The van der Waals surface area contributed by atoms with E-state index in [1.54, 1.807) is 13.8 Å². The lowest BCUT2D eigenvalue weighted by Crippen LogP contribution is -2.42. The number of hydrogen-bond acceptors (Lipinski definition) is 3. The van der Waals surface area contributed by atoms with Crippen LogP contribution in [0, 0.1) is 5.41 Å². The maximum absolute atomic E-state index is 11.5. The second kappa shape index (κ2) is 4.61. The Balaban J connectivity index is 2.36. The minimum absolute atomic E-state index is 0.126. The molecule has 0 aliphatic carbocycles. The lowest BCUT2D eigenvalue weighted by molar-refractivity contribution is -0.147. The number of hydrogen-bond donors (Lipinski definition) is 2. The van der Waals surface area contributed by atoms with E-state index in [1.165, 1.54) is 0 Å². The molecule has 1 aliphatic rings. The molecule has 2 N–H and O–H groups in total. The number of carboxylic acids is 1. The van der Waals surface area contributed by atoms with Gasteiger partial charge in [-0.1, -0.05) is 0 Å². The first-order valence-corrected chi connectivity index (χ1v) is 5.06. The molecule has 0 aromatic carbocycles. The minimum Gasteiger partial charge on any atom is -0.481 e. The number of carbonyl (C=O) groups is 2. The zero-order valence-corrected chi connectivity index (χ0v) is 9.08. The van der Waals surface area contributed by atoms with Crippen molar-refractivity contribution >= 4 is 11.9 Å². The highest BCUT2D eigenvalue weighted by atomic mass is 16.5. The molecule has 0 aromatic heterocycles. The Bertz CT molecular complexity index is 256. The van der Waals surface area contributed by atoms with Gasteiger partial charge in [0.25, 0.3) is 0 Å². The molecule has 0 radical (unpaired) electrons. The summed E-state index contributed by atoms with van der Waals surface area (Å²) in [5.41, 5.74) is -0.936. The van der Waals surface area contributed by atoms with Gasteiger partial charge in [-0.15, -0.1) is 0 Å². The van der Waals surface area contributed by atoms with Crippen molar-refractivity contribution in [3.8, 4) is 0 Å². The van der Waals surface area contributed by atoms with E-state index in [0.29, 0.717) is 6.61 Å². The molecule has 15 heavy (non-hydrogen) atoms. The minimum atomic E-state index is -0.936. The first-order chi connectivity index (χ1) is 6.93. The molecule has 0 bridgehead atoms. The Morgan fingerprint density at radius 2 is 2.20 bits per heavy atom. The largest absolute Gasteiger partial charge is 0.481 e. The number of rotatable bonds is 4. The summed E-state index contributed by atoms with van der Waals surface area (Å²) in [7, 11) is 0. The van der Waals surface area contributed by atoms with Crippen molar-refractivity contribution in [2.24, 2.45) is 5.41 Å². The van der Waals surface area contributed by atoms with E-state index in [2.05, 4.69) is 5.32 Å². The monoisotopic (exact) mass is 215 g/mol. The third-order valence-electron chi connectivity index (χ3n) is 2.51. The number of carbonyl (C=O) groups excluding carboxylic acids is 1. The molecule has 5 nitrogen and oxygen atoms in total. The summed E-state index contributed by atoms with van der Waals surface area (Å²) in [5.74, 6) is -1.13. The Kier molecular flexibility index (Phi) is 3.68. The molecular weight excluding hydrogens is 198 g/mol. The summed E-state index contributed by atoms with van der Waals surface area (Å²) in [6.45, 7) is 3.89. The van der Waals surface area contributed by atoms with Crippen molar-refractivity contribution in [2.75, 3.05) is 13.2 Å². The molecular formula is C10H17NO4. The molecule has 0 unspecified atom stereocenters. The Morgan fingerprint density at radius 1 is 1.53 bits per heavy atom. The van der Waals surface area contributed by atoms with Gasteiger partial charge in [-0.2, -0.15) is 0 Å². The van der Waals surface area contributed by atoms with Crippen LogP contribution < -0.4 is 5.32 Å². The van der Waals surface area contributed by atoms with Crippen molar-refractivity contribution in [1.82, 2.24) is 5.32 Å². The average molecular weight is 215 g/mol. The van der Waals surface area contributed by atoms with E-state index in [-0.39, 0.29) is 12.5 Å². The molecule has 1 aliphatic heterocycles. The van der Waals surface area contributed by atoms with Gasteiger partial charge in [0.15, 0.2) is 0 Å². The van der Waals surface area contributed by atoms with Crippen molar-refractivity contribution in [2.45, 2.75) is 32.8 Å². The highest BCUT2D eigenvalue weighted by molar-refractivity contribution is 5.82. The summed E-state index contributed by atoms with van der Waals surface area (Å²) in [6.07, 6.45) is 1.22. The van der Waals surface area contributed by atoms with E-state index in [4.69, 9.17) is 9.84 Å². The Morgan fingerprint density at radius 3 is 2.67 bits per heavy atom. The molecule has 1 rings (SSSR count). The number of ether oxygens (including phenoxy) is 1. The highest BCUT2D eigenvalue weighted by Crippen LogP contribution is 2.15. The van der Waals surface area contributed by atoms with Crippen LogP contribution in [0.15, 0.2) is 0 Å². The van der Waals surface area contributed by atoms with Crippen LogP contribution in [-0.4, -0.2) is 36.2 Å². The van der Waals surface area contributed by atoms with Gasteiger partial charge in [-0.3, -0.25) is 9.59 Å². The molecule has 1 amide bonds. The fourth-order valence-electron chi connectivity index (χ4n) is 1.28. The summed E-state index contributed by atoms with van der Waals surface area (Å²) >= 11 is 0. The Hall–Kier alpha value is -1.10. The highest BCUT2D eigenvalue weighted by Gasteiger charge is 2.30. The number of carboxylic acid groups (broad SMARTS) is 1. The third kappa shape index (κ3) is 3.20. The predicted octanol–water partition coefficient (Wildman–Crippen LogP) is 0.392. The van der Waals surface area contributed by atoms with E-state index in [0.717, 1.165) is 12.8 Å². The maximum atomic E-state index is 11.5. The van der Waals surface area contributed by atoms with Crippen LogP contribution in [0.4, 0.5) is 0 Å². The molecule has 1 heterocycles. The molecule has 1 atom stereocenters. The first kappa shape index (κ1) is 12.0. The summed E-state index contributed by atoms with van der Waals surface area (Å²) in [6, 6.07) is 0. The maximum Gasteiger partial charge on any atom is 0.310 e. The second-order valence-corrected chi connectivity index (χ2v) is 4.41. The standard InChI is InChI=1S/C10H17NO4/c1-10(2,9(13)14)6-11-8(12)7-4-3-5-15-7/h7H,3-6H2,1-2H3,(H,11,12)(H,13,14)/t7-/m0/s1. The van der Waals surface area contributed by atoms with Crippen molar-refractivity contribution in [1.29, 1.82) is 0 Å². The van der Waals surface area contributed by atoms with Crippen LogP contribution in [0.25, 0.3) is 0 Å². The van der Waals surface area contributed by atoms with Gasteiger partial charge in [0, 0.05) is 13.2 Å². The quantitative estimate of drug-likeness (QED) is 0.711. The average Bonchev–Trinajstić information content (AvgIpc) is 2.66. The van der Waals surface area contributed by atoms with E-state index >= 15 is 0 Å². The summed E-state index contributed by atoms with van der Waals surface area (Å²) < 4.78 is 5.18. The van der Waals surface area contributed by atoms with Crippen molar-refractivity contribution < 1.29 is 19.4 Å². The molecule has 86 valence electrons. The number of nitrogens with one attached hydrogen (secondary N) is 1. The molecule has 1 saturated heterocycles. The normalized spacial score (nSPS) is 21.3. The smallest absolute Gasteiger partial charge is 0.310 e. The zero-order valence-electron chi connectivity index (χ0n) is 9.08. The van der Waals surface area contributed by atoms with Gasteiger partial charge >= 0.3 is 5.97 Å². The second-order valence-electron chi connectivity index (χ2n) is 4.41. The SMILES string of the molecule is CC(C)(CNC(=O)[C@@H]1CCCO1)C(=O)O. The fraction of sp³-hybridized carbons (Fsp3) is 0.800. The Labute approximate surface area is 88.8 Å². The summed E-state index contributed by atoms with van der Waals surface area (Å²) in [5, 5.41) is 11.4. The van der Waals surface area contributed by atoms with Crippen LogP contribution in [0.1, 0.15) is 26.7 Å². The van der Waals surface area contributed by atoms with E-state index in [9.17, 15) is 9.59 Å². The third-order valence-corrected chi connectivity index (χ3v) is 2.51. The molecule has 0 spiro atoms. The van der Waals surface area contributed by atoms with Crippen LogP contribution in [0.3, 0.4) is 0 Å². The van der Waals surface area contributed by atoms with Crippen molar-refractivity contribution in [3.05, 3.63) is 0 Å². The van der Waals surface area contributed by atoms with Gasteiger partial charge in [0.05, 0.1) is 5.41 Å². The van der Waals surface area contributed by atoms with Gasteiger partial charge in [-0.05, 0) is 26.7 Å². The number of amides is 1. The van der Waals surface area contributed by atoms with Gasteiger partial charge in [0.2, 0.25) is 5.91 Å². The lowest BCUT2D eigenvalue weighted by atomic mass is 9.94. The first-order valence-electron chi connectivity index (χ1n) is 5.06.